The molecule has 0 aromatic heterocycles. The van der Waals surface area contributed by atoms with E-state index in [2.05, 4.69) is 36.5 Å². The Morgan fingerprint density at radius 2 is 1.87 bits per heavy atom. The van der Waals surface area contributed by atoms with Crippen LogP contribution in [0.5, 0.6) is 0 Å². The molecular formula is C13H21NO. The van der Waals surface area contributed by atoms with Crippen LogP contribution in [0.1, 0.15) is 31.7 Å². The van der Waals surface area contributed by atoms with Gasteiger partial charge in [-0.25, -0.2) is 0 Å². The largest absolute Gasteiger partial charge is 0.392 e. The highest BCUT2D eigenvalue weighted by Crippen LogP contribution is 2.17. The zero-order valence-corrected chi connectivity index (χ0v) is 9.61. The lowest BCUT2D eigenvalue weighted by atomic mass is 9.98. The molecule has 0 aliphatic carbocycles. The highest BCUT2D eigenvalue weighted by molar-refractivity contribution is 5.18. The summed E-state index contributed by atoms with van der Waals surface area (Å²) in [5.74, 6) is 0.577. The van der Waals surface area contributed by atoms with E-state index in [1.165, 1.54) is 5.56 Å². The molecule has 1 rings (SSSR count). The van der Waals surface area contributed by atoms with Crippen molar-refractivity contribution >= 4 is 0 Å². The standard InChI is InChI=1S/C13H21NO/c1-11(8-9-14-10-12(2)15)13-6-4-3-5-7-13/h3-7,11-12,14-15H,8-10H2,1-2H3. The van der Waals surface area contributed by atoms with Crippen molar-refractivity contribution in [2.75, 3.05) is 13.1 Å². The molecule has 0 heterocycles. The van der Waals surface area contributed by atoms with Gasteiger partial charge in [0, 0.05) is 6.54 Å². The van der Waals surface area contributed by atoms with E-state index in [1.807, 2.05) is 6.07 Å². The van der Waals surface area contributed by atoms with Gasteiger partial charge in [-0.3, -0.25) is 0 Å². The van der Waals surface area contributed by atoms with E-state index >= 15 is 0 Å². The fourth-order valence-electron chi connectivity index (χ4n) is 1.58. The van der Waals surface area contributed by atoms with Crippen LogP contribution in [0, 0.1) is 0 Å². The summed E-state index contributed by atoms with van der Waals surface area (Å²) in [6.45, 7) is 5.68. The molecular weight excluding hydrogens is 186 g/mol. The van der Waals surface area contributed by atoms with Gasteiger partial charge in [0.25, 0.3) is 0 Å². The molecule has 0 aliphatic rings. The quantitative estimate of drug-likeness (QED) is 0.701. The second-order valence-corrected chi connectivity index (χ2v) is 4.15. The van der Waals surface area contributed by atoms with Crippen LogP contribution in [-0.2, 0) is 0 Å². The van der Waals surface area contributed by atoms with E-state index in [4.69, 9.17) is 5.11 Å². The Morgan fingerprint density at radius 1 is 1.20 bits per heavy atom. The highest BCUT2D eigenvalue weighted by Gasteiger charge is 2.04. The zero-order chi connectivity index (χ0) is 11.1. The Hall–Kier alpha value is -0.860. The van der Waals surface area contributed by atoms with E-state index in [9.17, 15) is 0 Å². The molecule has 15 heavy (non-hydrogen) atoms. The van der Waals surface area contributed by atoms with Gasteiger partial charge in [-0.2, -0.15) is 0 Å². The lowest BCUT2D eigenvalue weighted by Crippen LogP contribution is -2.25. The lowest BCUT2D eigenvalue weighted by Gasteiger charge is -2.12. The minimum atomic E-state index is -0.253. The van der Waals surface area contributed by atoms with Gasteiger partial charge in [0.2, 0.25) is 0 Å². The topological polar surface area (TPSA) is 32.3 Å². The van der Waals surface area contributed by atoms with Crippen molar-refractivity contribution in [1.82, 2.24) is 5.32 Å². The Balaban J connectivity index is 2.22. The molecule has 2 unspecified atom stereocenters. The van der Waals surface area contributed by atoms with Crippen LogP contribution in [0.25, 0.3) is 0 Å². The van der Waals surface area contributed by atoms with Crippen LogP contribution < -0.4 is 5.32 Å². The third-order valence-corrected chi connectivity index (χ3v) is 2.56. The average Bonchev–Trinajstić information content (AvgIpc) is 2.25. The summed E-state index contributed by atoms with van der Waals surface area (Å²) in [6.07, 6.45) is 0.855. The maximum atomic E-state index is 9.07. The summed E-state index contributed by atoms with van der Waals surface area (Å²) in [5.41, 5.74) is 1.39. The van der Waals surface area contributed by atoms with Crippen LogP contribution >= 0.6 is 0 Å². The Morgan fingerprint density at radius 3 is 2.47 bits per heavy atom. The molecule has 2 atom stereocenters. The second-order valence-electron chi connectivity index (χ2n) is 4.15. The van der Waals surface area contributed by atoms with Crippen molar-refractivity contribution in [2.45, 2.75) is 32.3 Å². The average molecular weight is 207 g/mol. The number of hydrogen-bond acceptors (Lipinski definition) is 2. The van der Waals surface area contributed by atoms with Crippen molar-refractivity contribution in [3.05, 3.63) is 35.9 Å². The monoisotopic (exact) mass is 207 g/mol. The van der Waals surface area contributed by atoms with Gasteiger partial charge in [-0.05, 0) is 31.4 Å². The first kappa shape index (κ1) is 12.2. The number of aliphatic hydroxyl groups excluding tert-OH is 1. The molecule has 2 N–H and O–H groups in total. The van der Waals surface area contributed by atoms with Crippen LogP contribution in [-0.4, -0.2) is 24.3 Å². The van der Waals surface area contributed by atoms with Gasteiger partial charge in [0.1, 0.15) is 0 Å². The number of hydrogen-bond donors (Lipinski definition) is 2. The van der Waals surface area contributed by atoms with E-state index in [-0.39, 0.29) is 6.10 Å². The molecule has 84 valence electrons. The third kappa shape index (κ3) is 4.96. The number of rotatable bonds is 6. The Kier molecular flexibility index (Phi) is 5.37. The molecule has 0 aliphatic heterocycles. The lowest BCUT2D eigenvalue weighted by molar-refractivity contribution is 0.191. The molecule has 0 bridgehead atoms. The van der Waals surface area contributed by atoms with Crippen LogP contribution in [0.15, 0.2) is 30.3 Å². The van der Waals surface area contributed by atoms with Crippen molar-refractivity contribution in [1.29, 1.82) is 0 Å². The molecule has 0 radical (unpaired) electrons. The Bertz CT molecular complexity index is 258. The van der Waals surface area contributed by atoms with Gasteiger partial charge in [0.05, 0.1) is 6.10 Å². The summed E-state index contributed by atoms with van der Waals surface area (Å²) in [7, 11) is 0. The molecule has 0 amide bonds. The molecule has 1 aromatic rings. The van der Waals surface area contributed by atoms with Crippen LogP contribution in [0.4, 0.5) is 0 Å². The Labute approximate surface area is 92.3 Å². The van der Waals surface area contributed by atoms with Crippen molar-refractivity contribution in [3.8, 4) is 0 Å². The van der Waals surface area contributed by atoms with Gasteiger partial charge >= 0.3 is 0 Å². The fraction of sp³-hybridized carbons (Fsp3) is 0.538. The fourth-order valence-corrected chi connectivity index (χ4v) is 1.58. The molecule has 0 saturated heterocycles. The summed E-state index contributed by atoms with van der Waals surface area (Å²) in [5, 5.41) is 12.3. The summed E-state index contributed by atoms with van der Waals surface area (Å²) in [6, 6.07) is 10.5. The van der Waals surface area contributed by atoms with Gasteiger partial charge in [-0.15, -0.1) is 0 Å². The predicted octanol–water partition coefficient (Wildman–Crippen LogP) is 2.15. The molecule has 2 nitrogen and oxygen atoms in total. The maximum Gasteiger partial charge on any atom is 0.0636 e. The minimum absolute atomic E-state index is 0.253. The molecule has 0 spiro atoms. The predicted molar refractivity (Wildman–Crippen MR) is 64.0 cm³/mol. The van der Waals surface area contributed by atoms with Crippen molar-refractivity contribution in [2.24, 2.45) is 0 Å². The first-order valence-electron chi connectivity index (χ1n) is 5.64. The molecule has 1 aromatic carbocycles. The molecule has 2 heteroatoms. The number of nitrogens with one attached hydrogen (secondary N) is 1. The summed E-state index contributed by atoms with van der Waals surface area (Å²) < 4.78 is 0. The van der Waals surface area contributed by atoms with E-state index in [0.29, 0.717) is 12.5 Å². The van der Waals surface area contributed by atoms with E-state index in [0.717, 1.165) is 13.0 Å². The van der Waals surface area contributed by atoms with Crippen molar-refractivity contribution < 1.29 is 5.11 Å². The minimum Gasteiger partial charge on any atom is -0.392 e. The third-order valence-electron chi connectivity index (χ3n) is 2.56. The number of aliphatic hydroxyl groups is 1. The second kappa shape index (κ2) is 6.59. The molecule has 0 saturated carbocycles. The van der Waals surface area contributed by atoms with Crippen LogP contribution in [0.3, 0.4) is 0 Å². The summed E-state index contributed by atoms with van der Waals surface area (Å²) >= 11 is 0. The smallest absolute Gasteiger partial charge is 0.0636 e. The van der Waals surface area contributed by atoms with Crippen LogP contribution in [0.2, 0.25) is 0 Å². The molecule has 0 fully saturated rings. The van der Waals surface area contributed by atoms with Gasteiger partial charge in [-0.1, -0.05) is 37.3 Å². The highest BCUT2D eigenvalue weighted by atomic mass is 16.3. The first-order chi connectivity index (χ1) is 7.20. The van der Waals surface area contributed by atoms with E-state index in [1.54, 1.807) is 6.92 Å². The first-order valence-corrected chi connectivity index (χ1v) is 5.64. The van der Waals surface area contributed by atoms with Crippen molar-refractivity contribution in [3.63, 3.8) is 0 Å². The summed E-state index contributed by atoms with van der Waals surface area (Å²) in [4.78, 5) is 0. The maximum absolute atomic E-state index is 9.07. The van der Waals surface area contributed by atoms with Gasteiger partial charge < -0.3 is 10.4 Å². The van der Waals surface area contributed by atoms with Gasteiger partial charge in [0.15, 0.2) is 0 Å². The zero-order valence-electron chi connectivity index (χ0n) is 9.61. The number of benzene rings is 1. The SMILES string of the molecule is CC(O)CNCCC(C)c1ccccc1. The normalized spacial score (nSPS) is 14.9. The van der Waals surface area contributed by atoms with E-state index < -0.39 is 0 Å².